The lowest BCUT2D eigenvalue weighted by Crippen LogP contribution is -2.11. The zero-order valence-electron chi connectivity index (χ0n) is 11.0. The molecule has 0 aliphatic rings. The summed E-state index contributed by atoms with van der Waals surface area (Å²) in [6.45, 7) is 2.01. The maximum absolute atomic E-state index is 12.0. The Morgan fingerprint density at radius 3 is 2.45 bits per heavy atom. The molecule has 2 nitrogen and oxygen atoms in total. The average Bonchev–Trinajstić information content (AvgIpc) is 2.48. The molecule has 2 rings (SSSR count). The summed E-state index contributed by atoms with van der Waals surface area (Å²) in [5.41, 5.74) is 1.82. The highest BCUT2D eigenvalue weighted by Gasteiger charge is 2.10. The van der Waals surface area contributed by atoms with E-state index in [4.69, 9.17) is 27.9 Å². The molecule has 0 amide bonds. The van der Waals surface area contributed by atoms with E-state index < -0.39 is 0 Å². The van der Waals surface area contributed by atoms with Crippen molar-refractivity contribution < 1.29 is 9.53 Å². The van der Waals surface area contributed by atoms with Gasteiger partial charge in [-0.15, -0.1) is 0 Å². The third kappa shape index (κ3) is 3.53. The number of ketones is 1. The molecule has 104 valence electrons. The molecule has 0 saturated heterocycles. The molecule has 0 aromatic heterocycles. The van der Waals surface area contributed by atoms with Crippen LogP contribution in [0.2, 0.25) is 10.0 Å². The quantitative estimate of drug-likeness (QED) is 0.740. The Labute approximate surface area is 128 Å². The second kappa shape index (κ2) is 6.78. The van der Waals surface area contributed by atoms with Crippen molar-refractivity contribution in [1.29, 1.82) is 0 Å². The van der Waals surface area contributed by atoms with Crippen molar-refractivity contribution in [2.45, 2.75) is 13.3 Å². The molecular weight excluding hydrogens is 295 g/mol. The van der Waals surface area contributed by atoms with Crippen molar-refractivity contribution >= 4 is 29.0 Å². The third-order valence-electron chi connectivity index (χ3n) is 2.96. The van der Waals surface area contributed by atoms with E-state index in [-0.39, 0.29) is 12.4 Å². The lowest BCUT2D eigenvalue weighted by Gasteiger charge is -2.08. The number of Topliss-reactive ketones (excluding diaryl/α,β-unsaturated/α-hetero) is 1. The summed E-state index contributed by atoms with van der Waals surface area (Å²) in [6, 6.07) is 12.6. The fourth-order valence-corrected chi connectivity index (χ4v) is 2.09. The molecule has 0 bridgehead atoms. The Kier molecular flexibility index (Phi) is 5.05. The molecule has 4 heteroatoms. The Balaban J connectivity index is 2.02. The van der Waals surface area contributed by atoms with Gasteiger partial charge < -0.3 is 4.74 Å². The van der Waals surface area contributed by atoms with Gasteiger partial charge in [0, 0.05) is 5.56 Å². The van der Waals surface area contributed by atoms with E-state index in [1.165, 1.54) is 5.56 Å². The first-order valence-corrected chi connectivity index (χ1v) is 7.06. The molecule has 2 aromatic rings. The van der Waals surface area contributed by atoms with E-state index >= 15 is 0 Å². The first-order valence-electron chi connectivity index (χ1n) is 6.30. The number of hydrogen-bond acceptors (Lipinski definition) is 2. The standard InChI is InChI=1S/C16H14Cl2O2/c1-2-11-6-8-12(9-7-11)14(19)10-20-15-5-3-4-13(17)16(15)18/h3-9H,2,10H2,1H3. The maximum Gasteiger partial charge on any atom is 0.200 e. The fourth-order valence-electron chi connectivity index (χ4n) is 1.75. The van der Waals surface area contributed by atoms with Gasteiger partial charge in [0.2, 0.25) is 0 Å². The number of ether oxygens (including phenoxy) is 1. The SMILES string of the molecule is CCc1ccc(C(=O)COc2cccc(Cl)c2Cl)cc1. The van der Waals surface area contributed by atoms with Crippen LogP contribution in [0.3, 0.4) is 0 Å². The van der Waals surface area contributed by atoms with Gasteiger partial charge in [0.15, 0.2) is 12.4 Å². The number of aryl methyl sites for hydroxylation is 1. The molecule has 0 fully saturated rings. The van der Waals surface area contributed by atoms with Crippen molar-refractivity contribution in [3.05, 3.63) is 63.6 Å². The molecule has 0 aliphatic carbocycles. The Morgan fingerprint density at radius 2 is 1.80 bits per heavy atom. The molecule has 0 spiro atoms. The van der Waals surface area contributed by atoms with Crippen LogP contribution in [-0.2, 0) is 6.42 Å². The molecule has 2 aromatic carbocycles. The van der Waals surface area contributed by atoms with Crippen LogP contribution in [0.4, 0.5) is 0 Å². The zero-order chi connectivity index (χ0) is 14.5. The highest BCUT2D eigenvalue weighted by molar-refractivity contribution is 6.42. The number of benzene rings is 2. The highest BCUT2D eigenvalue weighted by atomic mass is 35.5. The van der Waals surface area contributed by atoms with Crippen LogP contribution in [0.5, 0.6) is 5.75 Å². The zero-order valence-corrected chi connectivity index (χ0v) is 12.5. The van der Waals surface area contributed by atoms with Gasteiger partial charge >= 0.3 is 0 Å². The Bertz CT molecular complexity index is 606. The van der Waals surface area contributed by atoms with Gasteiger partial charge in [0.1, 0.15) is 10.8 Å². The number of carbonyl (C=O) groups excluding carboxylic acids is 1. The topological polar surface area (TPSA) is 26.3 Å². The van der Waals surface area contributed by atoms with Gasteiger partial charge in [0.25, 0.3) is 0 Å². The van der Waals surface area contributed by atoms with Crippen LogP contribution in [0.25, 0.3) is 0 Å². The van der Waals surface area contributed by atoms with Gasteiger partial charge in [-0.2, -0.15) is 0 Å². The van der Waals surface area contributed by atoms with E-state index in [1.54, 1.807) is 18.2 Å². The van der Waals surface area contributed by atoms with Crippen LogP contribution in [0.1, 0.15) is 22.8 Å². The van der Waals surface area contributed by atoms with E-state index in [0.29, 0.717) is 21.4 Å². The first-order chi connectivity index (χ1) is 9.61. The number of rotatable bonds is 5. The normalized spacial score (nSPS) is 10.3. The van der Waals surface area contributed by atoms with E-state index in [2.05, 4.69) is 6.92 Å². The molecule has 0 saturated carbocycles. The number of hydrogen-bond donors (Lipinski definition) is 0. The van der Waals surface area contributed by atoms with Crippen LogP contribution in [-0.4, -0.2) is 12.4 Å². The van der Waals surface area contributed by atoms with Crippen molar-refractivity contribution in [1.82, 2.24) is 0 Å². The molecule has 0 radical (unpaired) electrons. The minimum atomic E-state index is -0.0938. The van der Waals surface area contributed by atoms with Gasteiger partial charge in [0.05, 0.1) is 5.02 Å². The van der Waals surface area contributed by atoms with Gasteiger partial charge in [-0.3, -0.25) is 4.79 Å². The predicted molar refractivity (Wildman–Crippen MR) is 82.1 cm³/mol. The van der Waals surface area contributed by atoms with Crippen LogP contribution in [0.15, 0.2) is 42.5 Å². The summed E-state index contributed by atoms with van der Waals surface area (Å²) >= 11 is 11.9. The van der Waals surface area contributed by atoms with E-state index in [0.717, 1.165) is 6.42 Å². The highest BCUT2D eigenvalue weighted by Crippen LogP contribution is 2.31. The van der Waals surface area contributed by atoms with Crippen LogP contribution < -0.4 is 4.74 Å². The number of halogens is 2. The van der Waals surface area contributed by atoms with E-state index in [1.807, 2.05) is 24.3 Å². The van der Waals surface area contributed by atoms with E-state index in [9.17, 15) is 4.79 Å². The summed E-state index contributed by atoms with van der Waals surface area (Å²) in [4.78, 5) is 12.0. The Hall–Kier alpha value is -1.51. The van der Waals surface area contributed by atoms with Crippen molar-refractivity contribution in [3.63, 3.8) is 0 Å². The summed E-state index contributed by atoms with van der Waals surface area (Å²) in [6.07, 6.45) is 0.948. The van der Waals surface area contributed by atoms with Crippen molar-refractivity contribution in [2.24, 2.45) is 0 Å². The summed E-state index contributed by atoms with van der Waals surface area (Å²) in [7, 11) is 0. The molecule has 20 heavy (non-hydrogen) atoms. The van der Waals surface area contributed by atoms with Crippen molar-refractivity contribution in [3.8, 4) is 5.75 Å². The largest absolute Gasteiger partial charge is 0.484 e. The lowest BCUT2D eigenvalue weighted by atomic mass is 10.1. The molecule has 0 heterocycles. The Morgan fingerprint density at radius 1 is 1.10 bits per heavy atom. The average molecular weight is 309 g/mol. The first kappa shape index (κ1) is 14.9. The molecule has 0 N–H and O–H groups in total. The van der Waals surface area contributed by atoms with Crippen LogP contribution >= 0.6 is 23.2 Å². The summed E-state index contributed by atoms with van der Waals surface area (Å²) < 4.78 is 5.42. The van der Waals surface area contributed by atoms with Gasteiger partial charge in [-0.25, -0.2) is 0 Å². The third-order valence-corrected chi connectivity index (χ3v) is 3.76. The second-order valence-electron chi connectivity index (χ2n) is 4.31. The molecule has 0 aliphatic heterocycles. The molecule has 0 atom stereocenters. The fraction of sp³-hybridized carbons (Fsp3) is 0.188. The van der Waals surface area contributed by atoms with Gasteiger partial charge in [-0.1, -0.05) is 60.5 Å². The molecular formula is C16H14Cl2O2. The van der Waals surface area contributed by atoms with Gasteiger partial charge in [-0.05, 0) is 24.1 Å². The minimum Gasteiger partial charge on any atom is -0.484 e. The van der Waals surface area contributed by atoms with Crippen LogP contribution in [0, 0.1) is 0 Å². The second-order valence-corrected chi connectivity index (χ2v) is 5.10. The number of carbonyl (C=O) groups is 1. The smallest absolute Gasteiger partial charge is 0.200 e. The minimum absolute atomic E-state index is 0.0640. The maximum atomic E-state index is 12.0. The lowest BCUT2D eigenvalue weighted by molar-refractivity contribution is 0.0921. The molecule has 0 unspecified atom stereocenters. The summed E-state index contributed by atoms with van der Waals surface area (Å²) in [5.74, 6) is 0.321. The van der Waals surface area contributed by atoms with Crippen molar-refractivity contribution in [2.75, 3.05) is 6.61 Å². The predicted octanol–water partition coefficient (Wildman–Crippen LogP) is 4.82. The monoisotopic (exact) mass is 308 g/mol. The summed E-state index contributed by atoms with van der Waals surface area (Å²) in [5, 5.41) is 0.729.